The highest BCUT2D eigenvalue weighted by Crippen LogP contribution is 2.23. The predicted octanol–water partition coefficient (Wildman–Crippen LogP) is 4.02. The fourth-order valence-electron chi connectivity index (χ4n) is 2.48. The van der Waals surface area contributed by atoms with Gasteiger partial charge in [-0.25, -0.2) is 0 Å². The molecule has 1 saturated heterocycles. The van der Waals surface area contributed by atoms with Crippen molar-refractivity contribution in [2.75, 3.05) is 5.75 Å². The van der Waals surface area contributed by atoms with Gasteiger partial charge in [0.25, 0.3) is 0 Å². The average molecular weight is 287 g/mol. The van der Waals surface area contributed by atoms with Crippen LogP contribution in [0, 0.1) is 0 Å². The van der Waals surface area contributed by atoms with Crippen molar-refractivity contribution in [1.29, 1.82) is 0 Å². The maximum absolute atomic E-state index is 10.8. The second-order valence-corrected chi connectivity index (χ2v) is 6.73. The lowest BCUT2D eigenvalue weighted by Crippen LogP contribution is -2.36. The van der Waals surface area contributed by atoms with E-state index >= 15 is 0 Å². The van der Waals surface area contributed by atoms with E-state index in [-0.39, 0.29) is 6.04 Å². The van der Waals surface area contributed by atoms with Gasteiger partial charge in [-0.1, -0.05) is 64.7 Å². The quantitative estimate of drug-likeness (QED) is 0.563. The molecule has 2 N–H and O–H groups in total. The van der Waals surface area contributed by atoms with E-state index in [9.17, 15) is 4.79 Å². The van der Waals surface area contributed by atoms with Crippen LogP contribution in [0.4, 0.5) is 0 Å². The lowest BCUT2D eigenvalue weighted by molar-refractivity contribution is -0.138. The average Bonchev–Trinajstić information content (AvgIpc) is 2.86. The fraction of sp³-hybridized carbons (Fsp3) is 0.933. The van der Waals surface area contributed by atoms with Gasteiger partial charge in [-0.2, -0.15) is 0 Å². The summed E-state index contributed by atoms with van der Waals surface area (Å²) in [5.41, 5.74) is 0. The van der Waals surface area contributed by atoms with Crippen LogP contribution in [-0.4, -0.2) is 28.2 Å². The molecule has 3 nitrogen and oxygen atoms in total. The summed E-state index contributed by atoms with van der Waals surface area (Å²) >= 11 is 1.76. The maximum Gasteiger partial charge on any atom is 0.321 e. The van der Waals surface area contributed by atoms with E-state index in [0.717, 1.165) is 12.2 Å². The number of carboxylic acids is 1. The Morgan fingerprint density at radius 2 is 1.68 bits per heavy atom. The van der Waals surface area contributed by atoms with E-state index in [1.807, 2.05) is 0 Å². The first-order valence-electron chi connectivity index (χ1n) is 7.84. The third kappa shape index (κ3) is 7.83. The first-order valence-corrected chi connectivity index (χ1v) is 8.89. The number of rotatable bonds is 11. The Labute approximate surface area is 121 Å². The molecule has 1 aliphatic rings. The number of carbonyl (C=O) groups is 1. The van der Waals surface area contributed by atoms with Crippen LogP contribution in [0.25, 0.3) is 0 Å². The summed E-state index contributed by atoms with van der Waals surface area (Å²) < 4.78 is 0. The normalized spacial score (nSPS) is 22.8. The van der Waals surface area contributed by atoms with E-state index in [1.54, 1.807) is 11.8 Å². The molecule has 1 fully saturated rings. The summed E-state index contributed by atoms with van der Waals surface area (Å²) in [5.74, 6) is 0.0133. The summed E-state index contributed by atoms with van der Waals surface area (Å²) in [5, 5.41) is 12.4. The summed E-state index contributed by atoms with van der Waals surface area (Å²) in [6.07, 6.45) is 13.2. The van der Waals surface area contributed by atoms with E-state index in [0.29, 0.717) is 5.37 Å². The third-order valence-electron chi connectivity index (χ3n) is 3.72. The van der Waals surface area contributed by atoms with Gasteiger partial charge >= 0.3 is 5.97 Å². The summed E-state index contributed by atoms with van der Waals surface area (Å²) in [4.78, 5) is 10.8. The number of unbranched alkanes of at least 4 members (excludes halogenated alkanes) is 8. The van der Waals surface area contributed by atoms with Gasteiger partial charge in [-0.3, -0.25) is 10.1 Å². The van der Waals surface area contributed by atoms with Crippen LogP contribution in [0.15, 0.2) is 0 Å². The standard InChI is InChI=1S/C15H29NO2S/c1-2-3-4-5-6-7-8-9-10-11-14-16-13(12-19-14)15(17)18/h13-14,16H,2-12H2,1H3,(H,17,18)/t13-,14-/m1/s1. The molecule has 0 radical (unpaired) electrons. The molecular weight excluding hydrogens is 258 g/mol. The minimum Gasteiger partial charge on any atom is -0.480 e. The molecule has 0 spiro atoms. The molecule has 4 heteroatoms. The Balaban J connectivity index is 1.85. The topological polar surface area (TPSA) is 49.3 Å². The first-order chi connectivity index (χ1) is 9.24. The Hall–Kier alpha value is -0.220. The molecule has 0 aromatic heterocycles. The molecule has 19 heavy (non-hydrogen) atoms. The molecule has 0 aromatic carbocycles. The van der Waals surface area contributed by atoms with Crippen LogP contribution in [0.5, 0.6) is 0 Å². The molecule has 0 unspecified atom stereocenters. The third-order valence-corrected chi connectivity index (χ3v) is 5.02. The van der Waals surface area contributed by atoms with Crippen LogP contribution < -0.4 is 5.32 Å². The van der Waals surface area contributed by atoms with Crippen molar-refractivity contribution in [3.05, 3.63) is 0 Å². The molecule has 1 aliphatic heterocycles. The van der Waals surface area contributed by atoms with Crippen molar-refractivity contribution in [2.45, 2.75) is 82.5 Å². The van der Waals surface area contributed by atoms with E-state index in [4.69, 9.17) is 5.11 Å². The molecule has 0 aromatic rings. The predicted molar refractivity (Wildman–Crippen MR) is 82.6 cm³/mol. The molecule has 0 aliphatic carbocycles. The lowest BCUT2D eigenvalue weighted by Gasteiger charge is -2.10. The minimum atomic E-state index is -0.706. The van der Waals surface area contributed by atoms with Crippen molar-refractivity contribution < 1.29 is 9.90 Å². The number of aliphatic carboxylic acids is 1. The number of hydrogen-bond acceptors (Lipinski definition) is 3. The highest BCUT2D eigenvalue weighted by molar-refractivity contribution is 8.00. The van der Waals surface area contributed by atoms with Crippen molar-refractivity contribution in [2.24, 2.45) is 0 Å². The molecule has 112 valence electrons. The highest BCUT2D eigenvalue weighted by Gasteiger charge is 2.28. The molecule has 0 saturated carbocycles. The molecular formula is C15H29NO2S. The van der Waals surface area contributed by atoms with Gasteiger partial charge in [0, 0.05) is 5.75 Å². The monoisotopic (exact) mass is 287 g/mol. The van der Waals surface area contributed by atoms with Crippen molar-refractivity contribution in [3.63, 3.8) is 0 Å². The zero-order valence-electron chi connectivity index (χ0n) is 12.2. The number of carboxylic acid groups (broad SMARTS) is 1. The van der Waals surface area contributed by atoms with E-state index in [1.165, 1.54) is 57.8 Å². The Kier molecular flexibility index (Phi) is 9.35. The minimum absolute atomic E-state index is 0.325. The number of thioether (sulfide) groups is 1. The largest absolute Gasteiger partial charge is 0.480 e. The van der Waals surface area contributed by atoms with Gasteiger partial charge in [0.15, 0.2) is 0 Å². The van der Waals surface area contributed by atoms with Crippen LogP contribution >= 0.6 is 11.8 Å². The van der Waals surface area contributed by atoms with Crippen molar-refractivity contribution in [3.8, 4) is 0 Å². The van der Waals surface area contributed by atoms with Crippen LogP contribution in [0.2, 0.25) is 0 Å². The first kappa shape index (κ1) is 16.8. The smallest absolute Gasteiger partial charge is 0.321 e. The van der Waals surface area contributed by atoms with Gasteiger partial charge in [-0.15, -0.1) is 11.8 Å². The van der Waals surface area contributed by atoms with E-state index < -0.39 is 5.97 Å². The van der Waals surface area contributed by atoms with Gasteiger partial charge in [-0.05, 0) is 6.42 Å². The molecule has 1 rings (SSSR count). The van der Waals surface area contributed by atoms with Crippen LogP contribution in [-0.2, 0) is 4.79 Å². The molecule has 0 bridgehead atoms. The van der Waals surface area contributed by atoms with Gasteiger partial charge in [0.2, 0.25) is 0 Å². The number of nitrogens with one attached hydrogen (secondary N) is 1. The second-order valence-electron chi connectivity index (χ2n) is 5.50. The SMILES string of the molecule is CCCCCCCCCCC[C@@H]1N[C@@H](C(=O)O)CS1. The number of hydrogen-bond donors (Lipinski definition) is 2. The maximum atomic E-state index is 10.8. The van der Waals surface area contributed by atoms with Gasteiger partial charge in [0.1, 0.15) is 6.04 Å². The van der Waals surface area contributed by atoms with Crippen molar-refractivity contribution >= 4 is 17.7 Å². The lowest BCUT2D eigenvalue weighted by atomic mass is 10.1. The fourth-order valence-corrected chi connectivity index (χ4v) is 3.74. The van der Waals surface area contributed by atoms with Gasteiger partial charge in [0.05, 0.1) is 5.37 Å². The summed E-state index contributed by atoms with van der Waals surface area (Å²) in [7, 11) is 0. The van der Waals surface area contributed by atoms with Gasteiger partial charge < -0.3 is 5.11 Å². The molecule has 2 atom stereocenters. The zero-order valence-corrected chi connectivity index (χ0v) is 13.0. The summed E-state index contributed by atoms with van der Waals surface area (Å²) in [6.45, 7) is 2.25. The molecule has 0 amide bonds. The highest BCUT2D eigenvalue weighted by atomic mass is 32.2. The Morgan fingerprint density at radius 3 is 2.21 bits per heavy atom. The molecule has 1 heterocycles. The van der Waals surface area contributed by atoms with Crippen molar-refractivity contribution in [1.82, 2.24) is 5.32 Å². The Bertz CT molecular complexity index is 248. The van der Waals surface area contributed by atoms with Crippen LogP contribution in [0.3, 0.4) is 0 Å². The summed E-state index contributed by atoms with van der Waals surface area (Å²) in [6, 6.07) is -0.325. The zero-order chi connectivity index (χ0) is 13.9. The van der Waals surface area contributed by atoms with Crippen LogP contribution in [0.1, 0.15) is 71.1 Å². The Morgan fingerprint density at radius 1 is 1.11 bits per heavy atom. The second kappa shape index (κ2) is 10.6. The van der Waals surface area contributed by atoms with E-state index in [2.05, 4.69) is 12.2 Å².